The number of rotatable bonds is 38. The van der Waals surface area contributed by atoms with Gasteiger partial charge < -0.3 is 4.89 Å². The van der Waals surface area contributed by atoms with Crippen molar-refractivity contribution in [1.29, 1.82) is 0 Å². The van der Waals surface area contributed by atoms with Crippen molar-refractivity contribution in [3.63, 3.8) is 0 Å². The van der Waals surface area contributed by atoms with Gasteiger partial charge in [0.1, 0.15) is 0 Å². The molecule has 0 amide bonds. The molecule has 1 unspecified atom stereocenters. The monoisotopic (exact) mass is 644 g/mol. The van der Waals surface area contributed by atoms with E-state index in [4.69, 9.17) is 4.52 Å². The maximum Gasteiger partial charge on any atom is 0.405 e. The zero-order valence-corrected chi connectivity index (χ0v) is 31.5. The molecular weight excluding hydrogens is 561 g/mol. The van der Waals surface area contributed by atoms with Crippen molar-refractivity contribution in [3.05, 3.63) is 0 Å². The zero-order valence-electron chi connectivity index (χ0n) is 30.6. The lowest BCUT2D eigenvalue weighted by Crippen LogP contribution is -2.24. The van der Waals surface area contributed by atoms with Crippen LogP contribution in [0.25, 0.3) is 0 Å². The molecule has 0 heterocycles. The SMILES string of the molecule is CCCCCCCCCCCCCCCCCCN(CCCCCCCCCCCCCCCCCC)P(=O)(O)OCCC. The van der Waals surface area contributed by atoms with E-state index >= 15 is 0 Å². The van der Waals surface area contributed by atoms with Gasteiger partial charge >= 0.3 is 7.75 Å². The fourth-order valence-electron chi connectivity index (χ4n) is 6.34. The fourth-order valence-corrected chi connectivity index (χ4v) is 7.71. The lowest BCUT2D eigenvalue weighted by atomic mass is 10.0. The first-order valence-electron chi connectivity index (χ1n) is 20.3. The third kappa shape index (κ3) is 32.1. The van der Waals surface area contributed by atoms with Crippen LogP contribution < -0.4 is 0 Å². The molecule has 5 heteroatoms. The van der Waals surface area contributed by atoms with Crippen LogP contribution in [0.5, 0.6) is 0 Å². The van der Waals surface area contributed by atoms with Crippen LogP contribution >= 0.6 is 7.75 Å². The highest BCUT2D eigenvalue weighted by atomic mass is 31.2. The van der Waals surface area contributed by atoms with Gasteiger partial charge in [-0.1, -0.05) is 213 Å². The van der Waals surface area contributed by atoms with Crippen molar-refractivity contribution in [2.75, 3.05) is 19.7 Å². The molecule has 44 heavy (non-hydrogen) atoms. The Balaban J connectivity index is 3.79. The molecule has 0 saturated heterocycles. The van der Waals surface area contributed by atoms with Gasteiger partial charge in [0, 0.05) is 13.1 Å². The summed E-state index contributed by atoms with van der Waals surface area (Å²) in [7, 11) is -3.67. The Morgan fingerprint density at radius 2 is 0.614 bits per heavy atom. The van der Waals surface area contributed by atoms with Gasteiger partial charge in [0.15, 0.2) is 0 Å². The highest BCUT2D eigenvalue weighted by Gasteiger charge is 2.28. The molecule has 1 N–H and O–H groups in total. The molecule has 0 aliphatic carbocycles. The van der Waals surface area contributed by atoms with E-state index in [9.17, 15) is 9.46 Å². The summed E-state index contributed by atoms with van der Waals surface area (Å²) in [5.41, 5.74) is 0. The van der Waals surface area contributed by atoms with Gasteiger partial charge in [0.05, 0.1) is 6.61 Å². The zero-order chi connectivity index (χ0) is 32.2. The van der Waals surface area contributed by atoms with Crippen LogP contribution in [-0.2, 0) is 9.09 Å². The maximum absolute atomic E-state index is 12.9. The van der Waals surface area contributed by atoms with E-state index < -0.39 is 7.75 Å². The topological polar surface area (TPSA) is 49.8 Å². The van der Waals surface area contributed by atoms with Crippen LogP contribution in [0.4, 0.5) is 0 Å². The molecule has 0 bridgehead atoms. The molecule has 4 nitrogen and oxygen atoms in total. The Hall–Kier alpha value is 0.110. The number of nitrogens with zero attached hydrogens (tertiary/aromatic N) is 1. The van der Waals surface area contributed by atoms with Crippen LogP contribution in [0, 0.1) is 0 Å². The van der Waals surface area contributed by atoms with Crippen LogP contribution in [0.1, 0.15) is 233 Å². The molecule has 0 fully saturated rings. The van der Waals surface area contributed by atoms with E-state index in [1.807, 2.05) is 6.92 Å². The molecule has 0 radical (unpaired) electrons. The van der Waals surface area contributed by atoms with Crippen LogP contribution in [-0.4, -0.2) is 29.3 Å². The van der Waals surface area contributed by atoms with Gasteiger partial charge in [-0.25, -0.2) is 9.24 Å². The Morgan fingerprint density at radius 3 is 0.841 bits per heavy atom. The Labute approximate surface area is 278 Å². The first-order chi connectivity index (χ1) is 21.6. The van der Waals surface area contributed by atoms with Gasteiger partial charge in [-0.15, -0.1) is 0 Å². The summed E-state index contributed by atoms with van der Waals surface area (Å²) in [5, 5.41) is 0. The predicted molar refractivity (Wildman–Crippen MR) is 197 cm³/mol. The van der Waals surface area contributed by atoms with Gasteiger partial charge in [0.25, 0.3) is 0 Å². The highest BCUT2D eigenvalue weighted by Crippen LogP contribution is 2.46. The molecule has 266 valence electrons. The highest BCUT2D eigenvalue weighted by molar-refractivity contribution is 7.50. The molecule has 0 aliphatic rings. The molecule has 1 atom stereocenters. The third-order valence-electron chi connectivity index (χ3n) is 9.36. The van der Waals surface area contributed by atoms with Crippen LogP contribution in [0.2, 0.25) is 0 Å². The summed E-state index contributed by atoms with van der Waals surface area (Å²) in [4.78, 5) is 10.6. The van der Waals surface area contributed by atoms with Gasteiger partial charge in [0.2, 0.25) is 0 Å². The van der Waals surface area contributed by atoms with Crippen LogP contribution in [0.15, 0.2) is 0 Å². The summed E-state index contributed by atoms with van der Waals surface area (Å²) in [6.45, 7) is 8.31. The minimum absolute atomic E-state index is 0.363. The largest absolute Gasteiger partial charge is 0.405 e. The smallest absolute Gasteiger partial charge is 0.312 e. The van der Waals surface area contributed by atoms with Crippen molar-refractivity contribution in [2.45, 2.75) is 233 Å². The standard InChI is InChI=1S/C39H82NO3P/c1-4-7-9-11-13-15-17-19-21-23-25-27-29-31-33-35-37-40(44(41,42)43-39-6-3)38-36-34-32-30-28-26-24-22-20-18-16-14-12-10-8-5-2/h4-39H2,1-3H3,(H,41,42). The maximum atomic E-state index is 12.9. The van der Waals surface area contributed by atoms with E-state index in [-0.39, 0.29) is 0 Å². The molecule has 0 aromatic carbocycles. The lowest BCUT2D eigenvalue weighted by Gasteiger charge is -2.26. The number of hydrogen-bond donors (Lipinski definition) is 1. The number of hydrogen-bond acceptors (Lipinski definition) is 2. The summed E-state index contributed by atoms with van der Waals surface area (Å²) in [5.74, 6) is 0. The second-order valence-corrected chi connectivity index (χ2v) is 15.7. The fraction of sp³-hybridized carbons (Fsp3) is 1.00. The van der Waals surface area contributed by atoms with Crippen molar-refractivity contribution in [3.8, 4) is 0 Å². The molecule has 0 spiro atoms. The van der Waals surface area contributed by atoms with E-state index in [0.717, 1.165) is 32.1 Å². The lowest BCUT2D eigenvalue weighted by molar-refractivity contribution is 0.197. The van der Waals surface area contributed by atoms with E-state index in [0.29, 0.717) is 19.7 Å². The molecule has 0 aliphatic heterocycles. The van der Waals surface area contributed by atoms with Gasteiger partial charge in [-0.3, -0.25) is 4.52 Å². The molecule has 0 aromatic rings. The quantitative estimate of drug-likeness (QED) is 0.0537. The van der Waals surface area contributed by atoms with Gasteiger partial charge in [-0.05, 0) is 19.3 Å². The Bertz CT molecular complexity index is 552. The van der Waals surface area contributed by atoms with E-state index in [1.54, 1.807) is 4.67 Å². The summed E-state index contributed by atoms with van der Waals surface area (Å²) in [6.07, 6.45) is 43.9. The molecule has 0 aromatic heterocycles. The Morgan fingerprint density at radius 1 is 0.386 bits per heavy atom. The first-order valence-corrected chi connectivity index (χ1v) is 21.8. The summed E-state index contributed by atoms with van der Waals surface area (Å²) in [6, 6.07) is 0. The molecule has 0 saturated carbocycles. The summed E-state index contributed by atoms with van der Waals surface area (Å²) >= 11 is 0. The Kier molecular flexibility index (Phi) is 36.0. The van der Waals surface area contributed by atoms with E-state index in [1.165, 1.54) is 180 Å². The molecular formula is C39H82NO3P. The average Bonchev–Trinajstić information content (AvgIpc) is 3.02. The van der Waals surface area contributed by atoms with E-state index in [2.05, 4.69) is 13.8 Å². The normalized spacial score (nSPS) is 13.2. The van der Waals surface area contributed by atoms with Crippen molar-refractivity contribution in [2.24, 2.45) is 0 Å². The second kappa shape index (κ2) is 36.0. The summed E-state index contributed by atoms with van der Waals surface area (Å²) < 4.78 is 20.1. The first kappa shape index (κ1) is 44.1. The molecule has 0 rings (SSSR count). The predicted octanol–water partition coefficient (Wildman–Crippen LogP) is 14.3. The van der Waals surface area contributed by atoms with Crippen LogP contribution in [0.3, 0.4) is 0 Å². The van der Waals surface area contributed by atoms with Crippen molar-refractivity contribution < 1.29 is 14.0 Å². The minimum Gasteiger partial charge on any atom is -0.312 e. The van der Waals surface area contributed by atoms with Crippen molar-refractivity contribution >= 4 is 7.75 Å². The number of unbranched alkanes of at least 4 members (excludes halogenated alkanes) is 30. The second-order valence-electron chi connectivity index (χ2n) is 13.9. The van der Waals surface area contributed by atoms with Gasteiger partial charge in [-0.2, -0.15) is 0 Å². The average molecular weight is 644 g/mol. The minimum atomic E-state index is -3.67. The third-order valence-corrected chi connectivity index (χ3v) is 11.0. The van der Waals surface area contributed by atoms with Crippen molar-refractivity contribution in [1.82, 2.24) is 4.67 Å².